The van der Waals surface area contributed by atoms with Gasteiger partial charge in [0.15, 0.2) is 0 Å². The van der Waals surface area contributed by atoms with Crippen LogP contribution >= 0.6 is 0 Å². The van der Waals surface area contributed by atoms with Crippen molar-refractivity contribution in [2.45, 2.75) is 33.6 Å². The molecule has 0 fully saturated rings. The van der Waals surface area contributed by atoms with Crippen LogP contribution in [0.5, 0.6) is 0 Å². The number of amides is 1. The Morgan fingerprint density at radius 3 is 1.75 bits per heavy atom. The minimum absolute atomic E-state index is 0.175. The number of nitrogens with two attached hydrogens (primary N) is 2. The second-order valence-corrected chi connectivity index (χ2v) is 4.27. The van der Waals surface area contributed by atoms with E-state index in [0.29, 0.717) is 13.1 Å². The summed E-state index contributed by atoms with van der Waals surface area (Å²) in [6.45, 7) is 6.35. The summed E-state index contributed by atoms with van der Waals surface area (Å²) in [5.41, 5.74) is 0. The molecule has 0 radical (unpaired) electrons. The quantitative estimate of drug-likeness (QED) is 0.589. The molecular formula is C12H23N3O5. The molecule has 2 atom stereocenters. The SMILES string of the molecule is CC[C@@H](C(=O)ON)C(CC(=O)N(CC)CC)C(=O)ON. The molecule has 0 aliphatic heterocycles. The van der Waals surface area contributed by atoms with Crippen LogP contribution in [0.2, 0.25) is 0 Å². The van der Waals surface area contributed by atoms with Crippen molar-refractivity contribution in [1.29, 1.82) is 0 Å². The van der Waals surface area contributed by atoms with Gasteiger partial charge in [0.2, 0.25) is 5.91 Å². The van der Waals surface area contributed by atoms with Crippen molar-refractivity contribution >= 4 is 17.8 Å². The highest BCUT2D eigenvalue weighted by molar-refractivity contribution is 5.87. The third-order valence-electron chi connectivity index (χ3n) is 3.27. The van der Waals surface area contributed by atoms with Crippen LogP contribution in [0.25, 0.3) is 0 Å². The number of carbonyl (C=O) groups excluding carboxylic acids is 3. The second kappa shape index (κ2) is 9.27. The Morgan fingerprint density at radius 2 is 1.40 bits per heavy atom. The molecule has 0 saturated carbocycles. The minimum Gasteiger partial charge on any atom is -0.373 e. The van der Waals surface area contributed by atoms with Gasteiger partial charge in [-0.3, -0.25) is 14.4 Å². The summed E-state index contributed by atoms with van der Waals surface area (Å²) >= 11 is 0. The Balaban J connectivity index is 5.11. The molecule has 0 aromatic heterocycles. The van der Waals surface area contributed by atoms with Gasteiger partial charge in [-0.25, -0.2) is 0 Å². The smallest absolute Gasteiger partial charge is 0.328 e. The summed E-state index contributed by atoms with van der Waals surface area (Å²) in [5.74, 6) is 5.98. The van der Waals surface area contributed by atoms with Crippen LogP contribution in [-0.4, -0.2) is 35.8 Å². The maximum Gasteiger partial charge on any atom is 0.328 e. The molecule has 0 aromatic carbocycles. The summed E-state index contributed by atoms with van der Waals surface area (Å²) in [6, 6.07) is 0. The van der Waals surface area contributed by atoms with Gasteiger partial charge in [0.25, 0.3) is 0 Å². The van der Waals surface area contributed by atoms with E-state index in [-0.39, 0.29) is 18.7 Å². The summed E-state index contributed by atoms with van der Waals surface area (Å²) in [6.07, 6.45) is 0.104. The molecule has 0 aromatic rings. The first-order chi connectivity index (χ1) is 9.46. The molecule has 0 bridgehead atoms. The third-order valence-corrected chi connectivity index (χ3v) is 3.27. The lowest BCUT2D eigenvalue weighted by Crippen LogP contribution is -2.39. The van der Waals surface area contributed by atoms with Crippen molar-refractivity contribution in [3.8, 4) is 0 Å². The van der Waals surface area contributed by atoms with Crippen molar-refractivity contribution in [2.75, 3.05) is 13.1 Å². The molecule has 0 heterocycles. The molecule has 116 valence electrons. The zero-order chi connectivity index (χ0) is 15.7. The van der Waals surface area contributed by atoms with Gasteiger partial charge < -0.3 is 14.6 Å². The summed E-state index contributed by atoms with van der Waals surface area (Å²) in [4.78, 5) is 45.2. The molecule has 0 aliphatic rings. The zero-order valence-electron chi connectivity index (χ0n) is 12.1. The van der Waals surface area contributed by atoms with Crippen LogP contribution in [-0.2, 0) is 24.1 Å². The van der Waals surface area contributed by atoms with Gasteiger partial charge in [0.1, 0.15) is 0 Å². The fraction of sp³-hybridized carbons (Fsp3) is 0.750. The van der Waals surface area contributed by atoms with Crippen LogP contribution in [0.15, 0.2) is 0 Å². The van der Waals surface area contributed by atoms with E-state index in [2.05, 4.69) is 9.68 Å². The van der Waals surface area contributed by atoms with Crippen LogP contribution < -0.4 is 11.8 Å². The molecule has 0 aliphatic carbocycles. The van der Waals surface area contributed by atoms with Gasteiger partial charge in [-0.15, -0.1) is 0 Å². The highest BCUT2D eigenvalue weighted by Gasteiger charge is 2.37. The largest absolute Gasteiger partial charge is 0.373 e. The van der Waals surface area contributed by atoms with Gasteiger partial charge in [-0.05, 0) is 20.3 Å². The zero-order valence-corrected chi connectivity index (χ0v) is 12.1. The van der Waals surface area contributed by atoms with Crippen LogP contribution in [0, 0.1) is 11.8 Å². The fourth-order valence-electron chi connectivity index (χ4n) is 2.07. The Kier molecular flexibility index (Phi) is 8.49. The van der Waals surface area contributed by atoms with Crippen molar-refractivity contribution in [3.05, 3.63) is 0 Å². The second-order valence-electron chi connectivity index (χ2n) is 4.27. The maximum absolute atomic E-state index is 12.1. The van der Waals surface area contributed by atoms with E-state index in [4.69, 9.17) is 11.8 Å². The van der Waals surface area contributed by atoms with E-state index < -0.39 is 23.8 Å². The number of nitrogens with zero attached hydrogens (tertiary/aromatic N) is 1. The molecule has 4 N–H and O–H groups in total. The lowest BCUT2D eigenvalue weighted by Gasteiger charge is -2.24. The Bertz CT molecular complexity index is 344. The van der Waals surface area contributed by atoms with Crippen molar-refractivity contribution in [2.24, 2.45) is 23.6 Å². The monoisotopic (exact) mass is 289 g/mol. The summed E-state index contributed by atoms with van der Waals surface area (Å²) in [7, 11) is 0. The van der Waals surface area contributed by atoms with Gasteiger partial charge in [0, 0.05) is 19.5 Å². The first-order valence-electron chi connectivity index (χ1n) is 6.55. The Labute approximate surface area is 118 Å². The van der Waals surface area contributed by atoms with Crippen molar-refractivity contribution in [1.82, 2.24) is 4.90 Å². The van der Waals surface area contributed by atoms with Gasteiger partial charge in [0.05, 0.1) is 11.8 Å². The van der Waals surface area contributed by atoms with Gasteiger partial charge in [-0.2, -0.15) is 11.8 Å². The standard InChI is InChI=1S/C12H23N3O5/c1-4-8(11(17)19-13)9(12(18)20-14)7-10(16)15(5-2)6-3/h8-9H,4-7,13-14H2,1-3H3/t8-,9?/m1/s1. The van der Waals surface area contributed by atoms with Gasteiger partial charge >= 0.3 is 11.9 Å². The summed E-state index contributed by atoms with van der Waals surface area (Å²) in [5, 5.41) is 0. The first-order valence-corrected chi connectivity index (χ1v) is 6.55. The van der Waals surface area contributed by atoms with Crippen LogP contribution in [0.1, 0.15) is 33.6 Å². The molecule has 20 heavy (non-hydrogen) atoms. The van der Waals surface area contributed by atoms with Crippen LogP contribution in [0.3, 0.4) is 0 Å². The van der Waals surface area contributed by atoms with Crippen molar-refractivity contribution < 1.29 is 24.1 Å². The molecule has 1 unspecified atom stereocenters. The highest BCUT2D eigenvalue weighted by Crippen LogP contribution is 2.23. The topological polar surface area (TPSA) is 125 Å². The molecule has 0 rings (SSSR count). The average Bonchev–Trinajstić information content (AvgIpc) is 2.46. The average molecular weight is 289 g/mol. The molecule has 1 amide bonds. The Hall–Kier alpha value is -1.67. The molecule has 0 spiro atoms. The molecule has 0 saturated heterocycles. The van der Waals surface area contributed by atoms with E-state index >= 15 is 0 Å². The number of carbonyl (C=O) groups is 3. The van der Waals surface area contributed by atoms with E-state index in [1.807, 2.05) is 13.8 Å². The molecular weight excluding hydrogens is 266 g/mol. The van der Waals surface area contributed by atoms with Gasteiger partial charge in [-0.1, -0.05) is 6.92 Å². The molecule has 8 heteroatoms. The first kappa shape index (κ1) is 18.3. The minimum atomic E-state index is -1.01. The normalized spacial score (nSPS) is 13.2. The van der Waals surface area contributed by atoms with E-state index in [1.165, 1.54) is 0 Å². The fourth-order valence-corrected chi connectivity index (χ4v) is 2.07. The van der Waals surface area contributed by atoms with E-state index in [0.717, 1.165) is 0 Å². The number of rotatable bonds is 8. The summed E-state index contributed by atoms with van der Waals surface area (Å²) < 4.78 is 0. The van der Waals surface area contributed by atoms with E-state index in [9.17, 15) is 14.4 Å². The third kappa shape index (κ3) is 4.78. The Morgan fingerprint density at radius 1 is 0.950 bits per heavy atom. The predicted octanol–water partition coefficient (Wildman–Crippen LogP) is -0.279. The predicted molar refractivity (Wildman–Crippen MR) is 70.4 cm³/mol. The maximum atomic E-state index is 12.1. The lowest BCUT2D eigenvalue weighted by molar-refractivity contribution is -0.163. The lowest BCUT2D eigenvalue weighted by atomic mass is 9.87. The number of hydrogen-bond acceptors (Lipinski definition) is 7. The van der Waals surface area contributed by atoms with Crippen molar-refractivity contribution in [3.63, 3.8) is 0 Å². The highest BCUT2D eigenvalue weighted by atomic mass is 16.7. The van der Waals surface area contributed by atoms with Crippen LogP contribution in [0.4, 0.5) is 0 Å². The molecule has 8 nitrogen and oxygen atoms in total. The number of hydrogen-bond donors (Lipinski definition) is 2. The van der Waals surface area contributed by atoms with E-state index in [1.54, 1.807) is 11.8 Å².